The van der Waals surface area contributed by atoms with Crippen molar-refractivity contribution in [2.45, 2.75) is 31.8 Å². The number of likely N-dealkylation sites (N-methyl/N-ethyl adjacent to an activating group) is 2. The van der Waals surface area contributed by atoms with Crippen molar-refractivity contribution in [2.75, 3.05) is 41.3 Å². The van der Waals surface area contributed by atoms with E-state index in [2.05, 4.69) is 26.6 Å². The minimum atomic E-state index is -0.769. The van der Waals surface area contributed by atoms with E-state index in [1.807, 2.05) is 64.6 Å². The van der Waals surface area contributed by atoms with Gasteiger partial charge in [0.25, 0.3) is 5.91 Å². The van der Waals surface area contributed by atoms with E-state index in [4.69, 9.17) is 9.47 Å². The zero-order valence-corrected chi connectivity index (χ0v) is 24.1. The molecule has 0 aliphatic carbocycles. The van der Waals surface area contributed by atoms with E-state index < -0.39 is 24.1 Å². The number of nitrogens with zero attached hydrogens (tertiary/aromatic N) is 4. The maximum absolute atomic E-state index is 13.4. The summed E-state index contributed by atoms with van der Waals surface area (Å²) in [7, 11) is 7.24. The molecule has 42 heavy (non-hydrogen) atoms. The highest BCUT2D eigenvalue weighted by Gasteiger charge is 2.38. The fourth-order valence-electron chi connectivity index (χ4n) is 6.75. The summed E-state index contributed by atoms with van der Waals surface area (Å²) < 4.78 is 16.6. The van der Waals surface area contributed by atoms with E-state index in [9.17, 15) is 14.4 Å². The third kappa shape index (κ3) is 4.05. The standard InChI is InChI=1S/C32H33N5O5/c1-34(2)16-25(38)41-23-14-36-21-11-7-5-9-18(21)27-20-13-33-32(40)29(20)28-19-10-6-8-12-22(19)37(31(28)30(27)36)15-24(23)42-26(39)17-35(3)4/h5-12,23-24H,13-17H2,1-4H3,(H,33,40). The molecular formula is C32H33N5O5. The second-order valence-corrected chi connectivity index (χ2v) is 11.8. The largest absolute Gasteiger partial charge is 0.455 e. The minimum absolute atomic E-state index is 0.0850. The first-order chi connectivity index (χ1) is 20.2. The number of hydrogen-bond acceptors (Lipinski definition) is 7. The van der Waals surface area contributed by atoms with Crippen molar-refractivity contribution in [3.05, 3.63) is 59.7 Å². The van der Waals surface area contributed by atoms with Gasteiger partial charge in [-0.1, -0.05) is 36.4 Å². The van der Waals surface area contributed by atoms with E-state index in [1.165, 1.54) is 0 Å². The van der Waals surface area contributed by atoms with Gasteiger partial charge in [-0.15, -0.1) is 0 Å². The number of carbonyl (C=O) groups excluding carboxylic acids is 3. The second kappa shape index (κ2) is 9.85. The molecule has 10 heteroatoms. The number of aromatic nitrogens is 2. The molecule has 7 rings (SSSR count). The van der Waals surface area contributed by atoms with Gasteiger partial charge in [0.1, 0.15) is 0 Å². The Hall–Kier alpha value is -4.41. The Morgan fingerprint density at radius 2 is 1.26 bits per heavy atom. The lowest BCUT2D eigenvalue weighted by Gasteiger charge is -2.31. The molecule has 10 nitrogen and oxygen atoms in total. The van der Waals surface area contributed by atoms with Crippen LogP contribution in [0.4, 0.5) is 0 Å². The van der Waals surface area contributed by atoms with E-state index in [-0.39, 0.29) is 25.5 Å². The monoisotopic (exact) mass is 567 g/mol. The van der Waals surface area contributed by atoms with Crippen molar-refractivity contribution < 1.29 is 23.9 Å². The maximum atomic E-state index is 13.4. The molecule has 2 aliphatic heterocycles. The van der Waals surface area contributed by atoms with Gasteiger partial charge in [0, 0.05) is 39.1 Å². The molecule has 1 amide bonds. The highest BCUT2D eigenvalue weighted by molar-refractivity contribution is 6.30. The van der Waals surface area contributed by atoms with Crippen LogP contribution < -0.4 is 5.32 Å². The van der Waals surface area contributed by atoms with Gasteiger partial charge in [-0.05, 0) is 45.9 Å². The highest BCUT2D eigenvalue weighted by Crippen LogP contribution is 2.46. The number of carbonyl (C=O) groups is 3. The molecule has 0 fully saturated rings. The normalized spacial score (nSPS) is 18.3. The van der Waals surface area contributed by atoms with E-state index in [0.717, 1.165) is 49.2 Å². The van der Waals surface area contributed by atoms with Crippen molar-refractivity contribution in [3.63, 3.8) is 0 Å². The molecule has 0 bridgehead atoms. The molecule has 0 saturated heterocycles. The molecule has 3 aromatic carbocycles. The molecular weight excluding hydrogens is 534 g/mol. The van der Waals surface area contributed by atoms with Crippen LogP contribution >= 0.6 is 0 Å². The number of fused-ring (bicyclic) bond motifs is 9. The average molecular weight is 568 g/mol. The number of hydrogen-bond donors (Lipinski definition) is 1. The fraction of sp³-hybridized carbons (Fsp3) is 0.344. The van der Waals surface area contributed by atoms with Gasteiger partial charge >= 0.3 is 11.9 Å². The summed E-state index contributed by atoms with van der Waals surface area (Å²) in [6.45, 7) is 1.20. The highest BCUT2D eigenvalue weighted by atomic mass is 16.6. The van der Waals surface area contributed by atoms with Crippen molar-refractivity contribution in [1.29, 1.82) is 0 Å². The van der Waals surface area contributed by atoms with Gasteiger partial charge in [-0.3, -0.25) is 24.2 Å². The van der Waals surface area contributed by atoms with Crippen LogP contribution in [-0.4, -0.2) is 90.3 Å². The molecule has 2 aromatic heterocycles. The van der Waals surface area contributed by atoms with E-state index in [0.29, 0.717) is 18.7 Å². The Kier molecular flexibility index (Phi) is 6.21. The summed E-state index contributed by atoms with van der Waals surface area (Å²) in [4.78, 5) is 43.1. The molecule has 0 spiro atoms. The minimum Gasteiger partial charge on any atom is -0.455 e. The molecule has 216 valence electrons. The zero-order chi connectivity index (χ0) is 29.3. The van der Waals surface area contributed by atoms with Crippen molar-refractivity contribution in [1.82, 2.24) is 24.3 Å². The van der Waals surface area contributed by atoms with E-state index >= 15 is 0 Å². The Morgan fingerprint density at radius 1 is 0.786 bits per heavy atom. The Labute approximate surface area is 242 Å². The number of nitrogens with one attached hydrogen (secondary N) is 1. The first-order valence-corrected chi connectivity index (χ1v) is 14.2. The van der Waals surface area contributed by atoms with Gasteiger partial charge in [0.05, 0.1) is 42.8 Å². The van der Waals surface area contributed by atoms with Crippen molar-refractivity contribution in [3.8, 4) is 0 Å². The molecule has 2 atom stereocenters. The first kappa shape index (κ1) is 26.5. The Bertz CT molecular complexity index is 1930. The predicted octanol–water partition coefficient (Wildman–Crippen LogP) is 3.11. The predicted molar refractivity (Wildman–Crippen MR) is 160 cm³/mol. The number of benzene rings is 3. The second-order valence-electron chi connectivity index (χ2n) is 11.8. The maximum Gasteiger partial charge on any atom is 0.320 e. The third-order valence-corrected chi connectivity index (χ3v) is 8.27. The number of rotatable bonds is 6. The number of amides is 1. The lowest BCUT2D eigenvalue weighted by molar-refractivity contribution is -0.171. The molecule has 5 aromatic rings. The summed E-state index contributed by atoms with van der Waals surface area (Å²) in [6.07, 6.45) is -1.52. The Balaban J connectivity index is 1.56. The first-order valence-electron chi connectivity index (χ1n) is 14.2. The quantitative estimate of drug-likeness (QED) is 0.315. The topological polar surface area (TPSA) is 98.0 Å². The lowest BCUT2D eigenvalue weighted by atomic mass is 9.97. The number of esters is 2. The number of ether oxygens (including phenoxy) is 2. The van der Waals surface area contributed by atoms with Crippen LogP contribution in [0.3, 0.4) is 0 Å². The smallest absolute Gasteiger partial charge is 0.320 e. The van der Waals surface area contributed by atoms with Gasteiger partial charge in [0.2, 0.25) is 0 Å². The summed E-state index contributed by atoms with van der Waals surface area (Å²) in [5, 5.41) is 6.98. The van der Waals surface area contributed by atoms with E-state index in [1.54, 1.807) is 9.80 Å². The van der Waals surface area contributed by atoms with Gasteiger partial charge in [0.15, 0.2) is 12.2 Å². The Morgan fingerprint density at radius 3 is 1.79 bits per heavy atom. The van der Waals surface area contributed by atoms with Gasteiger partial charge in [-0.25, -0.2) is 0 Å². The fourth-order valence-corrected chi connectivity index (χ4v) is 6.75. The molecule has 2 unspecified atom stereocenters. The molecule has 2 aliphatic rings. The van der Waals surface area contributed by atoms with Gasteiger partial charge < -0.3 is 23.9 Å². The summed E-state index contributed by atoms with van der Waals surface area (Å²) in [6, 6.07) is 16.1. The van der Waals surface area contributed by atoms with Crippen molar-refractivity contribution in [2.24, 2.45) is 0 Å². The van der Waals surface area contributed by atoms with Crippen LogP contribution in [0.25, 0.3) is 43.6 Å². The molecule has 0 saturated carbocycles. The molecule has 1 N–H and O–H groups in total. The number of para-hydroxylation sites is 2. The lowest BCUT2D eigenvalue weighted by Crippen LogP contribution is -2.44. The zero-order valence-electron chi connectivity index (χ0n) is 24.1. The summed E-state index contributed by atoms with van der Waals surface area (Å²) in [5.74, 6) is -0.875. The molecule has 0 radical (unpaired) electrons. The van der Waals surface area contributed by atoms with Crippen LogP contribution in [0.1, 0.15) is 15.9 Å². The molecule has 4 heterocycles. The third-order valence-electron chi connectivity index (χ3n) is 8.27. The average Bonchev–Trinajstić information content (AvgIpc) is 3.56. The van der Waals surface area contributed by atoms with Crippen LogP contribution in [-0.2, 0) is 38.7 Å². The SMILES string of the molecule is CN(C)CC(=O)OC1Cn2c3ccccc3c3c4c(c5c6ccccc6n(c5c32)CC1OC(=O)CN(C)C)C(=O)NC4. The van der Waals surface area contributed by atoms with Crippen LogP contribution in [0.15, 0.2) is 48.5 Å². The summed E-state index contributed by atoms with van der Waals surface area (Å²) in [5.41, 5.74) is 5.48. The van der Waals surface area contributed by atoms with Crippen LogP contribution in [0, 0.1) is 0 Å². The van der Waals surface area contributed by atoms with Crippen LogP contribution in [0.2, 0.25) is 0 Å². The van der Waals surface area contributed by atoms with Crippen LogP contribution in [0.5, 0.6) is 0 Å². The van der Waals surface area contributed by atoms with Gasteiger partial charge in [-0.2, -0.15) is 0 Å². The van der Waals surface area contributed by atoms with Crippen molar-refractivity contribution >= 4 is 61.5 Å². The summed E-state index contributed by atoms with van der Waals surface area (Å²) >= 11 is 0.